The van der Waals surface area contributed by atoms with Crippen molar-refractivity contribution in [2.45, 2.75) is 67.3 Å². The Morgan fingerprint density at radius 3 is 2.35 bits per heavy atom. The number of rotatable bonds is 2. The van der Waals surface area contributed by atoms with Crippen LogP contribution in [0.2, 0.25) is 0 Å². The van der Waals surface area contributed by atoms with Gasteiger partial charge in [0.1, 0.15) is 29.2 Å². The van der Waals surface area contributed by atoms with Gasteiger partial charge >= 0.3 is 0 Å². The Balaban J connectivity index is 1.72. The van der Waals surface area contributed by atoms with Crippen molar-refractivity contribution in [1.29, 1.82) is 10.5 Å². The molecule has 0 amide bonds. The summed E-state index contributed by atoms with van der Waals surface area (Å²) >= 11 is 0. The highest BCUT2D eigenvalue weighted by Gasteiger charge is 2.49. The zero-order chi connectivity index (χ0) is 24.9. The fourth-order valence-corrected chi connectivity index (χ4v) is 5.59. The monoisotopic (exact) mass is 455 g/mol. The summed E-state index contributed by atoms with van der Waals surface area (Å²) in [5.41, 5.74) is 3.66. The Labute approximate surface area is 205 Å². The second-order valence-electron chi connectivity index (χ2n) is 12.4. The maximum Gasteiger partial charge on any atom is 0.137 e. The highest BCUT2D eigenvalue weighted by molar-refractivity contribution is 5.54. The number of hydrogen-bond acceptors (Lipinski definition) is 4. The predicted octanol–water partition coefficient (Wildman–Crippen LogP) is 6.74. The molecular weight excluding hydrogens is 418 g/mol. The van der Waals surface area contributed by atoms with Crippen LogP contribution >= 0.6 is 0 Å². The lowest BCUT2D eigenvalue weighted by Crippen LogP contribution is -2.58. The molecule has 4 heteroatoms. The van der Waals surface area contributed by atoms with Gasteiger partial charge in [-0.25, -0.2) is 0 Å². The van der Waals surface area contributed by atoms with Crippen LogP contribution in [0.3, 0.4) is 0 Å². The highest BCUT2D eigenvalue weighted by Crippen LogP contribution is 2.52. The van der Waals surface area contributed by atoms with Crippen molar-refractivity contribution in [3.05, 3.63) is 70.3 Å². The molecule has 0 bridgehead atoms. The summed E-state index contributed by atoms with van der Waals surface area (Å²) in [6.45, 7) is 18.2. The Bertz CT molecular complexity index is 1130. The largest absolute Gasteiger partial charge is 0.461 e. The number of nitrogens with zero attached hydrogens (tertiary/aromatic N) is 3. The van der Waals surface area contributed by atoms with Crippen molar-refractivity contribution in [1.82, 2.24) is 4.90 Å². The molecule has 0 radical (unpaired) electrons. The standard InChI is InChI=1S/C30H37N3O/c1-28(2,3)26-17-21(22(18-31)19-32)16-23(34-26)9-8-20-14-24-27-25(15-20)30(6,7)11-13-33(27)12-10-29(24,4)5/h8-9,14-17,24,27H,10-13H2,1-7H3/b9-8+. The van der Waals surface area contributed by atoms with Gasteiger partial charge < -0.3 is 4.74 Å². The molecule has 0 spiro atoms. The molecule has 4 aliphatic rings. The maximum absolute atomic E-state index is 9.41. The van der Waals surface area contributed by atoms with Crippen LogP contribution in [0.4, 0.5) is 0 Å². The molecule has 4 nitrogen and oxygen atoms in total. The lowest BCUT2D eigenvalue weighted by molar-refractivity contribution is 0.00596. The number of ether oxygens (including phenoxy) is 1. The molecule has 3 heterocycles. The molecule has 0 saturated carbocycles. The van der Waals surface area contributed by atoms with Crippen LogP contribution in [0.25, 0.3) is 0 Å². The molecule has 1 aliphatic carbocycles. The smallest absolute Gasteiger partial charge is 0.137 e. The van der Waals surface area contributed by atoms with Gasteiger partial charge in [0, 0.05) is 22.9 Å². The Morgan fingerprint density at radius 2 is 1.71 bits per heavy atom. The van der Waals surface area contributed by atoms with E-state index in [0.717, 1.165) is 5.76 Å². The minimum absolute atomic E-state index is 0.103. The molecule has 4 rings (SSSR count). The average molecular weight is 456 g/mol. The molecule has 0 aromatic rings. The van der Waals surface area contributed by atoms with Crippen LogP contribution in [-0.4, -0.2) is 24.0 Å². The van der Waals surface area contributed by atoms with Gasteiger partial charge in [-0.3, -0.25) is 4.90 Å². The van der Waals surface area contributed by atoms with E-state index in [2.05, 4.69) is 71.6 Å². The van der Waals surface area contributed by atoms with E-state index in [1.807, 2.05) is 24.3 Å². The van der Waals surface area contributed by atoms with E-state index in [0.29, 0.717) is 23.3 Å². The van der Waals surface area contributed by atoms with Crippen LogP contribution in [0.1, 0.15) is 61.3 Å². The first-order valence-corrected chi connectivity index (χ1v) is 12.4. The van der Waals surface area contributed by atoms with Crippen molar-refractivity contribution < 1.29 is 4.74 Å². The summed E-state index contributed by atoms with van der Waals surface area (Å²) in [6.07, 6.45) is 15.0. The lowest BCUT2D eigenvalue weighted by atomic mass is 9.59. The summed E-state index contributed by atoms with van der Waals surface area (Å²) in [4.78, 5) is 2.69. The van der Waals surface area contributed by atoms with Gasteiger partial charge in [-0.15, -0.1) is 0 Å². The second-order valence-corrected chi connectivity index (χ2v) is 12.4. The summed E-state index contributed by atoms with van der Waals surface area (Å²) in [5, 5.41) is 18.8. The van der Waals surface area contributed by atoms with Crippen LogP contribution < -0.4 is 0 Å². The van der Waals surface area contributed by atoms with Gasteiger partial charge in [-0.1, -0.05) is 66.7 Å². The van der Waals surface area contributed by atoms with Crippen LogP contribution in [-0.2, 0) is 4.74 Å². The fourth-order valence-electron chi connectivity index (χ4n) is 5.59. The average Bonchev–Trinajstić information content (AvgIpc) is 2.76. The van der Waals surface area contributed by atoms with E-state index >= 15 is 0 Å². The number of piperidine rings is 2. The Kier molecular flexibility index (Phi) is 6.03. The van der Waals surface area contributed by atoms with Gasteiger partial charge in [-0.05, 0) is 66.1 Å². The van der Waals surface area contributed by atoms with Crippen LogP contribution in [0.15, 0.2) is 70.3 Å². The maximum atomic E-state index is 9.41. The summed E-state index contributed by atoms with van der Waals surface area (Å²) in [7, 11) is 0. The summed E-state index contributed by atoms with van der Waals surface area (Å²) in [6, 6.07) is 4.53. The van der Waals surface area contributed by atoms with E-state index in [-0.39, 0.29) is 21.8 Å². The Hall–Kier alpha value is -2.82. The molecule has 2 unspecified atom stereocenters. The zero-order valence-corrected chi connectivity index (χ0v) is 21.7. The first-order valence-electron chi connectivity index (χ1n) is 12.4. The topological polar surface area (TPSA) is 60.0 Å². The van der Waals surface area contributed by atoms with E-state index in [1.54, 1.807) is 11.6 Å². The molecule has 0 N–H and O–H groups in total. The minimum Gasteiger partial charge on any atom is -0.461 e. The molecule has 2 fully saturated rings. The summed E-state index contributed by atoms with van der Waals surface area (Å²) in [5.74, 6) is 1.88. The number of nitriles is 2. The summed E-state index contributed by atoms with van der Waals surface area (Å²) < 4.78 is 6.21. The van der Waals surface area contributed by atoms with Crippen molar-refractivity contribution in [2.24, 2.45) is 22.2 Å². The van der Waals surface area contributed by atoms with Crippen LogP contribution in [0.5, 0.6) is 0 Å². The van der Waals surface area contributed by atoms with Gasteiger partial charge in [-0.2, -0.15) is 10.5 Å². The molecule has 0 aromatic heterocycles. The van der Waals surface area contributed by atoms with Gasteiger partial charge in [0.15, 0.2) is 0 Å². The zero-order valence-electron chi connectivity index (χ0n) is 21.7. The van der Waals surface area contributed by atoms with Crippen molar-refractivity contribution in [2.75, 3.05) is 13.1 Å². The number of hydrogen-bond donors (Lipinski definition) is 0. The van der Waals surface area contributed by atoms with E-state index in [4.69, 9.17) is 4.74 Å². The van der Waals surface area contributed by atoms with E-state index in [1.165, 1.54) is 31.5 Å². The minimum atomic E-state index is -0.240. The van der Waals surface area contributed by atoms with Crippen molar-refractivity contribution in [3.8, 4) is 12.1 Å². The third kappa shape index (κ3) is 4.45. The third-order valence-corrected chi connectivity index (χ3v) is 8.00. The fraction of sp³-hybridized carbons (Fsp3) is 0.533. The van der Waals surface area contributed by atoms with Gasteiger partial charge in [0.05, 0.1) is 0 Å². The first kappa shape index (κ1) is 24.3. The second kappa shape index (κ2) is 8.44. The molecule has 0 aromatic carbocycles. The van der Waals surface area contributed by atoms with Crippen LogP contribution in [0, 0.1) is 44.8 Å². The van der Waals surface area contributed by atoms with E-state index in [9.17, 15) is 10.5 Å². The number of allylic oxidation sites excluding steroid dienone is 9. The third-order valence-electron chi connectivity index (χ3n) is 8.00. The molecule has 178 valence electrons. The van der Waals surface area contributed by atoms with E-state index < -0.39 is 0 Å². The first-order chi connectivity index (χ1) is 15.9. The quantitative estimate of drug-likeness (QED) is 0.432. The SMILES string of the molecule is CC(C)(C)C1=CC(=C(C#N)C#N)C=C(/C=C/C2=CC3C4C(=C2)C(C)(C)CCN4CCC3(C)C)O1. The predicted molar refractivity (Wildman–Crippen MR) is 136 cm³/mol. The van der Waals surface area contributed by atoms with Crippen molar-refractivity contribution in [3.63, 3.8) is 0 Å². The lowest BCUT2D eigenvalue weighted by Gasteiger charge is -2.57. The normalized spacial score (nSPS) is 27.9. The van der Waals surface area contributed by atoms with Gasteiger partial charge in [0.25, 0.3) is 0 Å². The van der Waals surface area contributed by atoms with Crippen molar-refractivity contribution >= 4 is 0 Å². The molecule has 2 atom stereocenters. The Morgan fingerprint density at radius 1 is 1.03 bits per heavy atom. The van der Waals surface area contributed by atoms with Gasteiger partial charge in [0.2, 0.25) is 0 Å². The molecular formula is C30H37N3O. The highest BCUT2D eigenvalue weighted by atomic mass is 16.5. The molecule has 3 aliphatic heterocycles. The molecule has 34 heavy (non-hydrogen) atoms. The molecule has 2 saturated heterocycles.